The summed E-state index contributed by atoms with van der Waals surface area (Å²) >= 11 is 0. The summed E-state index contributed by atoms with van der Waals surface area (Å²) in [5, 5.41) is 0. The maximum absolute atomic E-state index is 12.6. The third-order valence-electron chi connectivity index (χ3n) is 4.79. The monoisotopic (exact) mass is 358 g/mol. The van der Waals surface area contributed by atoms with Gasteiger partial charge in [0.05, 0.1) is 10.6 Å². The normalized spacial score (nSPS) is 16.3. The Morgan fingerprint density at radius 1 is 1.04 bits per heavy atom. The third kappa shape index (κ3) is 4.28. The second-order valence-corrected chi connectivity index (χ2v) is 8.79. The van der Waals surface area contributed by atoms with Crippen molar-refractivity contribution in [2.75, 3.05) is 0 Å². The van der Waals surface area contributed by atoms with Crippen molar-refractivity contribution in [1.82, 2.24) is 9.71 Å². The van der Waals surface area contributed by atoms with Crippen molar-refractivity contribution in [3.8, 4) is 11.1 Å². The van der Waals surface area contributed by atoms with Gasteiger partial charge < -0.3 is 0 Å². The Morgan fingerprint density at radius 2 is 1.72 bits per heavy atom. The first-order chi connectivity index (χ1) is 12.0. The summed E-state index contributed by atoms with van der Waals surface area (Å²) in [7, 11) is -3.45. The van der Waals surface area contributed by atoms with E-state index in [9.17, 15) is 8.42 Å². The summed E-state index contributed by atoms with van der Waals surface area (Å²) in [6, 6.07) is 11.2. The van der Waals surface area contributed by atoms with Crippen LogP contribution in [-0.2, 0) is 10.0 Å². The number of sulfonamides is 1. The minimum Gasteiger partial charge on any atom is -0.260 e. The van der Waals surface area contributed by atoms with E-state index in [-0.39, 0.29) is 6.04 Å². The first-order valence-electron chi connectivity index (χ1n) is 9.05. The first kappa shape index (κ1) is 18.1. The SMILES string of the molecule is CC(C)c1ncccc1-c1ccc(S(=O)(=O)NC2CCCCC2)cc1. The molecule has 0 spiro atoms. The molecule has 0 bridgehead atoms. The molecule has 1 fully saturated rings. The van der Waals surface area contributed by atoms with Crippen molar-refractivity contribution < 1.29 is 8.42 Å². The summed E-state index contributed by atoms with van der Waals surface area (Å²) in [6.07, 6.45) is 7.08. The second kappa shape index (κ2) is 7.67. The van der Waals surface area contributed by atoms with E-state index in [0.29, 0.717) is 10.8 Å². The Hall–Kier alpha value is -1.72. The van der Waals surface area contributed by atoms with Gasteiger partial charge in [0.25, 0.3) is 0 Å². The molecule has 25 heavy (non-hydrogen) atoms. The number of hydrogen-bond donors (Lipinski definition) is 1. The minimum absolute atomic E-state index is 0.0734. The van der Waals surface area contributed by atoms with E-state index in [1.165, 1.54) is 6.42 Å². The van der Waals surface area contributed by atoms with Gasteiger partial charge >= 0.3 is 0 Å². The third-order valence-corrected chi connectivity index (χ3v) is 6.32. The first-order valence-corrected chi connectivity index (χ1v) is 10.5. The van der Waals surface area contributed by atoms with E-state index < -0.39 is 10.0 Å². The lowest BCUT2D eigenvalue weighted by Crippen LogP contribution is -2.36. The van der Waals surface area contributed by atoms with Gasteiger partial charge in [-0.15, -0.1) is 0 Å². The average molecular weight is 359 g/mol. The van der Waals surface area contributed by atoms with Gasteiger partial charge in [-0.3, -0.25) is 4.98 Å². The van der Waals surface area contributed by atoms with Crippen molar-refractivity contribution in [2.45, 2.75) is 62.8 Å². The van der Waals surface area contributed by atoms with Crippen LogP contribution in [0.2, 0.25) is 0 Å². The Balaban J connectivity index is 1.82. The van der Waals surface area contributed by atoms with Crippen LogP contribution in [0.5, 0.6) is 0 Å². The molecule has 0 saturated heterocycles. The van der Waals surface area contributed by atoms with E-state index in [2.05, 4.69) is 23.6 Å². The Kier molecular flexibility index (Phi) is 5.54. The van der Waals surface area contributed by atoms with Gasteiger partial charge in [-0.25, -0.2) is 13.1 Å². The minimum atomic E-state index is -3.45. The van der Waals surface area contributed by atoms with Gasteiger partial charge in [0.1, 0.15) is 0 Å². The van der Waals surface area contributed by atoms with E-state index in [1.807, 2.05) is 24.3 Å². The van der Waals surface area contributed by atoms with E-state index in [0.717, 1.165) is 42.5 Å². The van der Waals surface area contributed by atoms with Crippen LogP contribution in [-0.4, -0.2) is 19.4 Å². The van der Waals surface area contributed by atoms with Crippen molar-refractivity contribution in [1.29, 1.82) is 0 Å². The smallest absolute Gasteiger partial charge is 0.240 e. The summed E-state index contributed by atoms with van der Waals surface area (Å²) in [5.74, 6) is 0.313. The lowest BCUT2D eigenvalue weighted by atomic mass is 9.96. The standard InChI is InChI=1S/C20H26N2O2S/c1-15(2)20-19(9-6-14-21-20)16-10-12-18(13-11-16)25(23,24)22-17-7-4-3-5-8-17/h6,9-15,17,22H,3-5,7-8H2,1-2H3. The molecule has 1 aromatic heterocycles. The molecule has 0 atom stereocenters. The Bertz CT molecular complexity index is 808. The molecule has 2 aromatic rings. The molecule has 0 radical (unpaired) electrons. The molecule has 1 heterocycles. The van der Waals surface area contributed by atoms with Crippen LogP contribution in [0, 0.1) is 0 Å². The predicted molar refractivity (Wildman–Crippen MR) is 101 cm³/mol. The lowest BCUT2D eigenvalue weighted by Gasteiger charge is -2.22. The van der Waals surface area contributed by atoms with Crippen molar-refractivity contribution in [3.63, 3.8) is 0 Å². The zero-order valence-corrected chi connectivity index (χ0v) is 15.7. The van der Waals surface area contributed by atoms with E-state index in [1.54, 1.807) is 18.3 Å². The molecule has 0 aliphatic heterocycles. The largest absolute Gasteiger partial charge is 0.260 e. The Labute approximate surface area is 150 Å². The van der Waals surface area contributed by atoms with E-state index >= 15 is 0 Å². The van der Waals surface area contributed by atoms with Crippen LogP contribution < -0.4 is 4.72 Å². The number of aromatic nitrogens is 1. The highest BCUT2D eigenvalue weighted by Gasteiger charge is 2.22. The molecule has 1 aliphatic rings. The summed E-state index contributed by atoms with van der Waals surface area (Å²) in [4.78, 5) is 4.80. The molecule has 1 aromatic carbocycles. The van der Waals surface area contributed by atoms with Crippen LogP contribution in [0.15, 0.2) is 47.5 Å². The van der Waals surface area contributed by atoms with Crippen LogP contribution in [0.3, 0.4) is 0 Å². The molecule has 4 nitrogen and oxygen atoms in total. The molecule has 1 aliphatic carbocycles. The van der Waals surface area contributed by atoms with Gasteiger partial charge in [0.2, 0.25) is 10.0 Å². The van der Waals surface area contributed by atoms with Crippen LogP contribution in [0.4, 0.5) is 0 Å². The molecule has 5 heteroatoms. The van der Waals surface area contributed by atoms with Gasteiger partial charge in [-0.05, 0) is 42.5 Å². The lowest BCUT2D eigenvalue weighted by molar-refractivity contribution is 0.412. The fraction of sp³-hybridized carbons (Fsp3) is 0.450. The van der Waals surface area contributed by atoms with Crippen molar-refractivity contribution in [3.05, 3.63) is 48.3 Å². The van der Waals surface area contributed by atoms with Gasteiger partial charge in [-0.1, -0.05) is 51.3 Å². The fourth-order valence-electron chi connectivity index (χ4n) is 3.44. The highest BCUT2D eigenvalue weighted by atomic mass is 32.2. The molecule has 0 unspecified atom stereocenters. The number of nitrogens with one attached hydrogen (secondary N) is 1. The number of hydrogen-bond acceptors (Lipinski definition) is 3. The van der Waals surface area contributed by atoms with Crippen molar-refractivity contribution in [2.24, 2.45) is 0 Å². The second-order valence-electron chi connectivity index (χ2n) is 7.07. The molecule has 134 valence electrons. The predicted octanol–water partition coefficient (Wildman–Crippen LogP) is 4.48. The molecular weight excluding hydrogens is 332 g/mol. The quantitative estimate of drug-likeness (QED) is 0.857. The summed E-state index contributed by atoms with van der Waals surface area (Å²) < 4.78 is 28.1. The highest BCUT2D eigenvalue weighted by Crippen LogP contribution is 2.28. The highest BCUT2D eigenvalue weighted by molar-refractivity contribution is 7.89. The number of rotatable bonds is 5. The van der Waals surface area contributed by atoms with Crippen LogP contribution >= 0.6 is 0 Å². The Morgan fingerprint density at radius 3 is 2.36 bits per heavy atom. The van der Waals surface area contributed by atoms with Crippen LogP contribution in [0.1, 0.15) is 57.6 Å². The maximum Gasteiger partial charge on any atom is 0.240 e. The van der Waals surface area contributed by atoms with Gasteiger partial charge in [0.15, 0.2) is 0 Å². The summed E-state index contributed by atoms with van der Waals surface area (Å²) in [6.45, 7) is 4.22. The van der Waals surface area contributed by atoms with E-state index in [4.69, 9.17) is 0 Å². The number of pyridine rings is 1. The average Bonchev–Trinajstić information content (AvgIpc) is 2.62. The number of nitrogens with zero attached hydrogens (tertiary/aromatic N) is 1. The molecule has 0 amide bonds. The van der Waals surface area contributed by atoms with Gasteiger partial charge in [-0.2, -0.15) is 0 Å². The fourth-order valence-corrected chi connectivity index (χ4v) is 4.75. The summed E-state index contributed by atoms with van der Waals surface area (Å²) in [5.41, 5.74) is 3.08. The molecule has 3 rings (SSSR count). The van der Waals surface area contributed by atoms with Crippen molar-refractivity contribution >= 4 is 10.0 Å². The molecular formula is C20H26N2O2S. The molecule has 1 saturated carbocycles. The molecule has 1 N–H and O–H groups in total. The van der Waals surface area contributed by atoms with Gasteiger partial charge in [0, 0.05) is 17.8 Å². The zero-order valence-electron chi connectivity index (χ0n) is 14.9. The van der Waals surface area contributed by atoms with Crippen LogP contribution in [0.25, 0.3) is 11.1 Å². The zero-order chi connectivity index (χ0) is 17.9. The number of benzene rings is 1. The topological polar surface area (TPSA) is 59.1 Å². The maximum atomic E-state index is 12.6.